The van der Waals surface area contributed by atoms with E-state index in [1.165, 1.54) is 4.68 Å². The van der Waals surface area contributed by atoms with Crippen LogP contribution >= 0.6 is 0 Å². The molecule has 0 unspecified atom stereocenters. The number of nitrogens with zero attached hydrogens (tertiary/aromatic N) is 2. The van der Waals surface area contributed by atoms with E-state index in [9.17, 15) is 9.59 Å². The lowest BCUT2D eigenvalue weighted by atomic mass is 9.99. The second kappa shape index (κ2) is 6.39. The zero-order valence-corrected chi connectivity index (χ0v) is 12.1. The molecule has 1 amide bonds. The maximum Gasteiger partial charge on any atom is 0.266 e. The molecule has 0 radical (unpaired) electrons. The molecule has 114 valence electrons. The van der Waals surface area contributed by atoms with Crippen LogP contribution in [0.4, 0.5) is 0 Å². The van der Waals surface area contributed by atoms with Crippen molar-refractivity contribution in [3.8, 4) is 0 Å². The van der Waals surface area contributed by atoms with E-state index in [0.29, 0.717) is 32.2 Å². The lowest BCUT2D eigenvalue weighted by molar-refractivity contribution is -0.127. The van der Waals surface area contributed by atoms with Crippen LogP contribution in [0.1, 0.15) is 37.3 Å². The van der Waals surface area contributed by atoms with Crippen LogP contribution < -0.4 is 10.9 Å². The Morgan fingerprint density at radius 1 is 1.29 bits per heavy atom. The molecule has 3 rings (SSSR count). The highest BCUT2D eigenvalue weighted by atomic mass is 16.5. The number of hydrogen-bond donors (Lipinski definition) is 1. The lowest BCUT2D eigenvalue weighted by Crippen LogP contribution is -2.37. The summed E-state index contributed by atoms with van der Waals surface area (Å²) in [5.74, 6) is 0.625. The Bertz CT molecular complexity index is 560. The highest BCUT2D eigenvalue weighted by Gasteiger charge is 2.25. The van der Waals surface area contributed by atoms with Crippen molar-refractivity contribution in [2.45, 2.75) is 38.1 Å². The largest absolute Gasteiger partial charge is 0.381 e. The van der Waals surface area contributed by atoms with Crippen LogP contribution in [0.3, 0.4) is 0 Å². The molecule has 2 heterocycles. The van der Waals surface area contributed by atoms with Crippen molar-refractivity contribution in [1.29, 1.82) is 0 Å². The van der Waals surface area contributed by atoms with Gasteiger partial charge in [0.15, 0.2) is 0 Å². The van der Waals surface area contributed by atoms with E-state index >= 15 is 0 Å². The van der Waals surface area contributed by atoms with E-state index in [-0.39, 0.29) is 17.4 Å². The highest BCUT2D eigenvalue weighted by molar-refractivity contribution is 5.78. The average molecular weight is 291 g/mol. The molecule has 1 N–H and O–H groups in total. The summed E-state index contributed by atoms with van der Waals surface area (Å²) in [6.07, 6.45) is 3.87. The van der Waals surface area contributed by atoms with Gasteiger partial charge >= 0.3 is 0 Å². The summed E-state index contributed by atoms with van der Waals surface area (Å²) in [6.45, 7) is 2.18. The third kappa shape index (κ3) is 3.69. The van der Waals surface area contributed by atoms with Gasteiger partial charge in [-0.3, -0.25) is 9.59 Å². The Labute approximate surface area is 123 Å². The van der Waals surface area contributed by atoms with Gasteiger partial charge < -0.3 is 10.1 Å². The molecule has 1 saturated heterocycles. The summed E-state index contributed by atoms with van der Waals surface area (Å²) >= 11 is 0. The first kappa shape index (κ1) is 14.3. The number of hydrogen-bond acceptors (Lipinski definition) is 4. The van der Waals surface area contributed by atoms with E-state index in [0.717, 1.165) is 31.4 Å². The summed E-state index contributed by atoms with van der Waals surface area (Å²) in [5.41, 5.74) is 0.880. The van der Waals surface area contributed by atoms with Gasteiger partial charge in [-0.05, 0) is 31.7 Å². The molecular formula is C15H21N3O3. The minimum atomic E-state index is -0.111. The van der Waals surface area contributed by atoms with Gasteiger partial charge in [0.25, 0.3) is 5.56 Å². The third-order valence-corrected chi connectivity index (χ3v) is 4.10. The van der Waals surface area contributed by atoms with E-state index in [2.05, 4.69) is 10.4 Å². The van der Waals surface area contributed by atoms with Crippen molar-refractivity contribution in [3.63, 3.8) is 0 Å². The number of carbonyl (C=O) groups excluding carboxylic acids is 1. The number of amides is 1. The van der Waals surface area contributed by atoms with Gasteiger partial charge in [0, 0.05) is 37.7 Å². The van der Waals surface area contributed by atoms with Crippen molar-refractivity contribution in [2.24, 2.45) is 5.92 Å². The zero-order valence-electron chi connectivity index (χ0n) is 12.1. The molecular weight excluding hydrogens is 270 g/mol. The minimum absolute atomic E-state index is 0.0428. The summed E-state index contributed by atoms with van der Waals surface area (Å²) in [5, 5.41) is 7.27. The van der Waals surface area contributed by atoms with Crippen LogP contribution in [0.5, 0.6) is 0 Å². The maximum atomic E-state index is 12.0. The van der Waals surface area contributed by atoms with Crippen LogP contribution in [0, 0.1) is 5.92 Å². The summed E-state index contributed by atoms with van der Waals surface area (Å²) in [7, 11) is 0. The minimum Gasteiger partial charge on any atom is -0.381 e. The molecule has 1 aromatic heterocycles. The summed E-state index contributed by atoms with van der Waals surface area (Å²) in [6, 6.07) is 3.39. The van der Waals surface area contributed by atoms with Crippen molar-refractivity contribution in [1.82, 2.24) is 15.1 Å². The SMILES string of the molecule is O=C(NCCn1nc(C2CC2)ccc1=O)C1CCOCC1. The van der Waals surface area contributed by atoms with Gasteiger partial charge in [-0.25, -0.2) is 4.68 Å². The molecule has 21 heavy (non-hydrogen) atoms. The van der Waals surface area contributed by atoms with Crippen LogP contribution in [-0.4, -0.2) is 35.4 Å². The molecule has 2 aliphatic rings. The van der Waals surface area contributed by atoms with Crippen LogP contribution in [0.2, 0.25) is 0 Å². The first-order valence-corrected chi connectivity index (χ1v) is 7.67. The first-order chi connectivity index (χ1) is 10.2. The molecule has 0 aromatic carbocycles. The predicted molar refractivity (Wildman–Crippen MR) is 77.0 cm³/mol. The number of carbonyl (C=O) groups is 1. The Morgan fingerprint density at radius 3 is 2.76 bits per heavy atom. The van der Waals surface area contributed by atoms with Crippen molar-refractivity contribution in [2.75, 3.05) is 19.8 Å². The zero-order chi connectivity index (χ0) is 14.7. The van der Waals surface area contributed by atoms with Gasteiger partial charge in [0.1, 0.15) is 0 Å². The highest BCUT2D eigenvalue weighted by Crippen LogP contribution is 2.38. The molecule has 0 spiro atoms. The first-order valence-electron chi connectivity index (χ1n) is 7.67. The molecule has 0 bridgehead atoms. The smallest absolute Gasteiger partial charge is 0.266 e. The van der Waals surface area contributed by atoms with E-state index in [4.69, 9.17) is 4.74 Å². The fraction of sp³-hybridized carbons (Fsp3) is 0.667. The van der Waals surface area contributed by atoms with Gasteiger partial charge in [-0.15, -0.1) is 0 Å². The molecule has 0 atom stereocenters. The Hall–Kier alpha value is -1.69. The summed E-state index contributed by atoms with van der Waals surface area (Å²) < 4.78 is 6.70. The third-order valence-electron chi connectivity index (χ3n) is 4.10. The van der Waals surface area contributed by atoms with Crippen molar-refractivity contribution >= 4 is 5.91 Å². The fourth-order valence-corrected chi connectivity index (χ4v) is 2.61. The second-order valence-electron chi connectivity index (χ2n) is 5.77. The normalized spacial score (nSPS) is 19.4. The molecule has 6 nitrogen and oxygen atoms in total. The molecule has 1 aliphatic heterocycles. The molecule has 2 fully saturated rings. The van der Waals surface area contributed by atoms with Crippen LogP contribution in [0.25, 0.3) is 0 Å². The molecule has 1 saturated carbocycles. The van der Waals surface area contributed by atoms with E-state index in [1.807, 2.05) is 6.07 Å². The number of nitrogens with one attached hydrogen (secondary N) is 1. The monoisotopic (exact) mass is 291 g/mol. The molecule has 1 aromatic rings. The van der Waals surface area contributed by atoms with Gasteiger partial charge in [0.2, 0.25) is 5.91 Å². The second-order valence-corrected chi connectivity index (χ2v) is 5.77. The Morgan fingerprint density at radius 2 is 2.05 bits per heavy atom. The topological polar surface area (TPSA) is 73.2 Å². The van der Waals surface area contributed by atoms with Crippen LogP contribution in [0.15, 0.2) is 16.9 Å². The fourth-order valence-electron chi connectivity index (χ4n) is 2.61. The quantitative estimate of drug-likeness (QED) is 0.865. The average Bonchev–Trinajstić information content (AvgIpc) is 3.35. The van der Waals surface area contributed by atoms with E-state index in [1.54, 1.807) is 6.07 Å². The van der Waals surface area contributed by atoms with E-state index < -0.39 is 0 Å². The summed E-state index contributed by atoms with van der Waals surface area (Å²) in [4.78, 5) is 23.7. The Balaban J connectivity index is 1.51. The predicted octanol–water partition coefficient (Wildman–Crippen LogP) is 0.663. The van der Waals surface area contributed by atoms with Crippen LogP contribution in [-0.2, 0) is 16.1 Å². The lowest BCUT2D eigenvalue weighted by Gasteiger charge is -2.21. The maximum absolute atomic E-state index is 12.0. The van der Waals surface area contributed by atoms with Crippen molar-refractivity contribution in [3.05, 3.63) is 28.2 Å². The molecule has 1 aliphatic carbocycles. The number of rotatable bonds is 5. The van der Waals surface area contributed by atoms with Gasteiger partial charge in [0.05, 0.1) is 12.2 Å². The van der Waals surface area contributed by atoms with Gasteiger partial charge in [-0.1, -0.05) is 0 Å². The number of ether oxygens (including phenoxy) is 1. The molecule has 6 heteroatoms. The van der Waals surface area contributed by atoms with Crippen molar-refractivity contribution < 1.29 is 9.53 Å². The van der Waals surface area contributed by atoms with Gasteiger partial charge in [-0.2, -0.15) is 5.10 Å². The number of aromatic nitrogens is 2. The Kier molecular flexibility index (Phi) is 4.34. The standard InChI is InChI=1S/C15H21N3O3/c19-14-4-3-13(11-1-2-11)17-18(14)8-7-16-15(20)12-5-9-21-10-6-12/h3-4,11-12H,1-2,5-10H2,(H,16,20).